The fourth-order valence-corrected chi connectivity index (χ4v) is 2.55. The average molecular weight is 370 g/mol. The zero-order chi connectivity index (χ0) is 19.6. The first-order valence-electron chi connectivity index (χ1n) is 8.00. The van der Waals surface area contributed by atoms with E-state index in [2.05, 4.69) is 10.4 Å². The number of nitrogens with zero attached hydrogens (tertiary/aromatic N) is 3. The van der Waals surface area contributed by atoms with Crippen LogP contribution in [0.1, 0.15) is 10.5 Å². The number of rotatable bonds is 4. The third-order valence-corrected chi connectivity index (χ3v) is 3.76. The fraction of sp³-hybridized carbons (Fsp3) is 0.105. The molecule has 6 nitrogen and oxygen atoms in total. The Morgan fingerprint density at radius 2 is 1.67 bits per heavy atom. The summed E-state index contributed by atoms with van der Waals surface area (Å²) >= 11 is 0. The molecule has 1 amide bonds. The molecule has 8 heteroatoms. The normalized spacial score (nSPS) is 10.5. The average Bonchev–Trinajstić information content (AvgIpc) is 2.61. The molecule has 27 heavy (non-hydrogen) atoms. The number of hydrogen-bond acceptors (Lipinski definition) is 4. The van der Waals surface area contributed by atoms with Crippen LogP contribution >= 0.6 is 0 Å². The Morgan fingerprint density at radius 1 is 1.04 bits per heavy atom. The summed E-state index contributed by atoms with van der Waals surface area (Å²) in [5.41, 5.74) is -0.255. The Bertz CT molecular complexity index is 1030. The first-order chi connectivity index (χ1) is 12.9. The molecular formula is C19H16F2N4O2. The first-order valence-corrected chi connectivity index (χ1v) is 8.00. The maximum Gasteiger partial charge on any atom is 0.276 e. The third-order valence-electron chi connectivity index (χ3n) is 3.76. The van der Waals surface area contributed by atoms with Crippen LogP contribution in [0.2, 0.25) is 0 Å². The summed E-state index contributed by atoms with van der Waals surface area (Å²) in [7, 11) is 3.02. The van der Waals surface area contributed by atoms with Crippen LogP contribution in [0.25, 0.3) is 5.69 Å². The Hall–Kier alpha value is -3.55. The van der Waals surface area contributed by atoms with Crippen molar-refractivity contribution in [3.05, 3.63) is 82.3 Å². The molecule has 0 saturated carbocycles. The second-order valence-corrected chi connectivity index (χ2v) is 5.94. The minimum atomic E-state index is -0.808. The molecule has 138 valence electrons. The van der Waals surface area contributed by atoms with Gasteiger partial charge in [-0.15, -0.1) is 0 Å². The van der Waals surface area contributed by atoms with Gasteiger partial charge in [0, 0.05) is 25.8 Å². The largest absolute Gasteiger partial charge is 0.373 e. The van der Waals surface area contributed by atoms with Crippen molar-refractivity contribution in [2.75, 3.05) is 24.3 Å². The van der Waals surface area contributed by atoms with Gasteiger partial charge in [0.15, 0.2) is 11.6 Å². The lowest BCUT2D eigenvalue weighted by Gasteiger charge is -2.15. The molecule has 3 aromatic rings. The molecule has 0 aliphatic carbocycles. The van der Waals surface area contributed by atoms with Crippen LogP contribution in [0.3, 0.4) is 0 Å². The predicted molar refractivity (Wildman–Crippen MR) is 98.5 cm³/mol. The van der Waals surface area contributed by atoms with E-state index in [1.165, 1.54) is 31.1 Å². The number of para-hydroxylation sites is 1. The number of carbonyl (C=O) groups excluding carboxylic acids is 1. The van der Waals surface area contributed by atoms with Gasteiger partial charge in [-0.05, 0) is 30.3 Å². The fourth-order valence-electron chi connectivity index (χ4n) is 2.55. The number of carbonyl (C=O) groups is 1. The highest BCUT2D eigenvalue weighted by Gasteiger charge is 2.16. The number of hydrogen-bond donors (Lipinski definition) is 1. The minimum Gasteiger partial charge on any atom is -0.373 e. The molecule has 1 N–H and O–H groups in total. The van der Waals surface area contributed by atoms with E-state index in [0.29, 0.717) is 5.69 Å². The van der Waals surface area contributed by atoms with Crippen LogP contribution in [-0.4, -0.2) is 29.8 Å². The van der Waals surface area contributed by atoms with Gasteiger partial charge < -0.3 is 10.2 Å². The zero-order valence-electron chi connectivity index (χ0n) is 14.6. The molecule has 0 unspecified atom stereocenters. The van der Waals surface area contributed by atoms with Crippen molar-refractivity contribution in [2.24, 2.45) is 0 Å². The Balaban J connectivity index is 1.91. The van der Waals surface area contributed by atoms with E-state index in [1.807, 2.05) is 0 Å². The molecule has 2 aromatic carbocycles. The van der Waals surface area contributed by atoms with Gasteiger partial charge in [0.05, 0.1) is 5.69 Å². The van der Waals surface area contributed by atoms with E-state index in [-0.39, 0.29) is 17.1 Å². The van der Waals surface area contributed by atoms with E-state index in [4.69, 9.17) is 0 Å². The van der Waals surface area contributed by atoms with Gasteiger partial charge in [-0.2, -0.15) is 9.78 Å². The smallest absolute Gasteiger partial charge is 0.276 e. The van der Waals surface area contributed by atoms with Crippen LogP contribution in [0.15, 0.2) is 59.4 Å². The summed E-state index contributed by atoms with van der Waals surface area (Å²) < 4.78 is 29.2. The second-order valence-electron chi connectivity index (χ2n) is 5.94. The highest BCUT2D eigenvalue weighted by atomic mass is 19.1. The van der Waals surface area contributed by atoms with Gasteiger partial charge in [0.25, 0.3) is 11.5 Å². The molecule has 1 heterocycles. The van der Waals surface area contributed by atoms with E-state index in [1.54, 1.807) is 30.3 Å². The number of halogens is 2. The summed E-state index contributed by atoms with van der Waals surface area (Å²) in [6.45, 7) is 0. The third kappa shape index (κ3) is 3.84. The molecule has 0 bridgehead atoms. The van der Waals surface area contributed by atoms with E-state index >= 15 is 0 Å². The minimum absolute atomic E-state index is 0.0557. The zero-order valence-corrected chi connectivity index (χ0v) is 14.6. The summed E-state index contributed by atoms with van der Waals surface area (Å²) in [5, 5.41) is 6.41. The van der Waals surface area contributed by atoms with E-state index in [9.17, 15) is 18.4 Å². The Kier molecular flexibility index (Phi) is 4.98. The molecule has 1 aromatic heterocycles. The summed E-state index contributed by atoms with van der Waals surface area (Å²) in [6, 6.07) is 13.1. The topological polar surface area (TPSA) is 67.2 Å². The van der Waals surface area contributed by atoms with Crippen molar-refractivity contribution in [1.82, 2.24) is 9.78 Å². The molecule has 0 radical (unpaired) electrons. The molecular weight excluding hydrogens is 354 g/mol. The maximum atomic E-state index is 14.1. The lowest BCUT2D eigenvalue weighted by molar-refractivity contribution is 0.102. The van der Waals surface area contributed by atoms with Gasteiger partial charge in [-0.1, -0.05) is 18.2 Å². The quantitative estimate of drug-likeness (QED) is 0.767. The van der Waals surface area contributed by atoms with Gasteiger partial charge >= 0.3 is 0 Å². The standard InChI is InChI=1S/C19H16F2N4O2/c1-24(2)18-14(20)10-12(11-15(18)21)22-19(27)16-8-9-17(26)25(23-16)13-6-4-3-5-7-13/h3-11H,1-2H3,(H,22,27). The number of benzene rings is 2. The number of anilines is 2. The van der Waals surface area contributed by atoms with Crippen molar-refractivity contribution in [3.8, 4) is 5.69 Å². The summed E-state index contributed by atoms with van der Waals surface area (Å²) in [6.07, 6.45) is 0. The molecule has 0 saturated heterocycles. The second kappa shape index (κ2) is 7.36. The lowest BCUT2D eigenvalue weighted by atomic mass is 10.2. The molecule has 0 fully saturated rings. The molecule has 0 atom stereocenters. The number of aromatic nitrogens is 2. The Morgan fingerprint density at radius 3 is 2.26 bits per heavy atom. The van der Waals surface area contributed by atoms with Crippen LogP contribution in [0, 0.1) is 11.6 Å². The highest BCUT2D eigenvalue weighted by Crippen LogP contribution is 2.25. The van der Waals surface area contributed by atoms with Crippen molar-refractivity contribution in [3.63, 3.8) is 0 Å². The predicted octanol–water partition coefficient (Wildman–Crippen LogP) is 2.83. The van der Waals surface area contributed by atoms with Crippen LogP contribution < -0.4 is 15.8 Å². The maximum absolute atomic E-state index is 14.1. The van der Waals surface area contributed by atoms with Crippen molar-refractivity contribution in [1.29, 1.82) is 0 Å². The molecule has 3 rings (SSSR count). The Labute approximate surface area is 153 Å². The van der Waals surface area contributed by atoms with E-state index < -0.39 is 23.1 Å². The monoisotopic (exact) mass is 370 g/mol. The van der Waals surface area contributed by atoms with Crippen LogP contribution in [0.5, 0.6) is 0 Å². The van der Waals surface area contributed by atoms with Gasteiger partial charge in [-0.3, -0.25) is 9.59 Å². The first kappa shape index (κ1) is 18.2. The molecule has 0 spiro atoms. The lowest BCUT2D eigenvalue weighted by Crippen LogP contribution is -2.25. The summed E-state index contributed by atoms with van der Waals surface area (Å²) in [4.78, 5) is 25.7. The highest BCUT2D eigenvalue weighted by molar-refractivity contribution is 6.02. The van der Waals surface area contributed by atoms with Crippen molar-refractivity contribution >= 4 is 17.3 Å². The van der Waals surface area contributed by atoms with Crippen molar-refractivity contribution in [2.45, 2.75) is 0 Å². The van der Waals surface area contributed by atoms with Gasteiger partial charge in [-0.25, -0.2) is 8.78 Å². The SMILES string of the molecule is CN(C)c1c(F)cc(NC(=O)c2ccc(=O)n(-c3ccccc3)n2)cc1F. The van der Waals surface area contributed by atoms with Crippen molar-refractivity contribution < 1.29 is 13.6 Å². The molecule has 0 aliphatic heterocycles. The van der Waals surface area contributed by atoms with Crippen LogP contribution in [-0.2, 0) is 0 Å². The summed E-state index contributed by atoms with van der Waals surface area (Å²) in [5.74, 6) is -2.31. The number of nitrogens with one attached hydrogen (secondary N) is 1. The van der Waals surface area contributed by atoms with Gasteiger partial charge in [0.1, 0.15) is 11.4 Å². The van der Waals surface area contributed by atoms with Gasteiger partial charge in [0.2, 0.25) is 0 Å². The van der Waals surface area contributed by atoms with E-state index in [0.717, 1.165) is 16.8 Å². The number of amides is 1. The van der Waals surface area contributed by atoms with Crippen LogP contribution in [0.4, 0.5) is 20.2 Å². The molecule has 0 aliphatic rings.